The Bertz CT molecular complexity index is 433. The predicted octanol–water partition coefficient (Wildman–Crippen LogP) is 4.09. The van der Waals surface area contributed by atoms with Gasteiger partial charge in [0.15, 0.2) is 0 Å². The number of ether oxygens (including phenoxy) is 1. The Hall–Kier alpha value is -1.03. The van der Waals surface area contributed by atoms with E-state index < -0.39 is 11.7 Å². The molecule has 1 aromatic carbocycles. The van der Waals surface area contributed by atoms with E-state index in [1.165, 1.54) is 12.1 Å². The third-order valence-corrected chi connectivity index (χ3v) is 3.74. The van der Waals surface area contributed by atoms with Crippen LogP contribution in [0.25, 0.3) is 0 Å². The summed E-state index contributed by atoms with van der Waals surface area (Å²) in [4.78, 5) is 0. The van der Waals surface area contributed by atoms with E-state index in [2.05, 4.69) is 0 Å². The van der Waals surface area contributed by atoms with Crippen LogP contribution < -0.4 is 0 Å². The standard InChI is InChI=1S/C13H13F3O/c14-13(15,16)10-5-3-4-9(8-10)11-12(17-11)6-1-2-7-12/h3-5,8,11H,1-2,6-7H2. The first-order valence-electron chi connectivity index (χ1n) is 5.86. The van der Waals surface area contributed by atoms with Crippen molar-refractivity contribution in [3.63, 3.8) is 0 Å². The molecule has 1 nitrogen and oxygen atoms in total. The summed E-state index contributed by atoms with van der Waals surface area (Å²) in [5.74, 6) is 0. The molecule has 0 N–H and O–H groups in total. The average molecular weight is 242 g/mol. The molecule has 1 aromatic rings. The molecule has 0 bridgehead atoms. The van der Waals surface area contributed by atoms with Crippen molar-refractivity contribution in [2.75, 3.05) is 0 Å². The molecule has 1 saturated heterocycles. The first-order chi connectivity index (χ1) is 8.01. The van der Waals surface area contributed by atoms with E-state index in [9.17, 15) is 13.2 Å². The summed E-state index contributed by atoms with van der Waals surface area (Å²) in [5.41, 5.74) is -0.0510. The zero-order valence-electron chi connectivity index (χ0n) is 9.26. The maximum atomic E-state index is 12.6. The molecule has 0 radical (unpaired) electrons. The van der Waals surface area contributed by atoms with Gasteiger partial charge >= 0.3 is 6.18 Å². The first kappa shape index (κ1) is 11.1. The lowest BCUT2D eigenvalue weighted by Crippen LogP contribution is -2.07. The van der Waals surface area contributed by atoms with Crippen molar-refractivity contribution >= 4 is 0 Å². The van der Waals surface area contributed by atoms with Crippen molar-refractivity contribution in [3.8, 4) is 0 Å². The molecular weight excluding hydrogens is 229 g/mol. The molecule has 2 fully saturated rings. The SMILES string of the molecule is FC(F)(F)c1cccc(C2OC23CCCC3)c1. The number of halogens is 3. The van der Waals surface area contributed by atoms with E-state index in [1.54, 1.807) is 6.07 Å². The molecule has 1 saturated carbocycles. The van der Waals surface area contributed by atoms with Crippen LogP contribution in [0.5, 0.6) is 0 Å². The third-order valence-electron chi connectivity index (χ3n) is 3.74. The molecule has 0 aromatic heterocycles. The molecule has 2 aliphatic rings. The van der Waals surface area contributed by atoms with Gasteiger partial charge in [0, 0.05) is 0 Å². The van der Waals surface area contributed by atoms with Crippen LogP contribution in [0.15, 0.2) is 24.3 Å². The highest BCUT2D eigenvalue weighted by Crippen LogP contribution is 2.59. The molecular formula is C13H13F3O. The molecule has 92 valence electrons. The third kappa shape index (κ3) is 1.84. The fraction of sp³-hybridized carbons (Fsp3) is 0.538. The number of hydrogen-bond acceptors (Lipinski definition) is 1. The second kappa shape index (κ2) is 3.48. The Labute approximate surface area is 97.6 Å². The van der Waals surface area contributed by atoms with Gasteiger partial charge in [0.25, 0.3) is 0 Å². The van der Waals surface area contributed by atoms with Crippen molar-refractivity contribution in [1.82, 2.24) is 0 Å². The van der Waals surface area contributed by atoms with Gasteiger partial charge in [-0.1, -0.05) is 25.0 Å². The summed E-state index contributed by atoms with van der Waals surface area (Å²) < 4.78 is 43.4. The lowest BCUT2D eigenvalue weighted by molar-refractivity contribution is -0.137. The van der Waals surface area contributed by atoms with Crippen LogP contribution in [-0.4, -0.2) is 5.60 Å². The molecule has 0 amide bonds. The Morgan fingerprint density at radius 3 is 2.53 bits per heavy atom. The molecule has 4 heteroatoms. The van der Waals surface area contributed by atoms with Crippen LogP contribution in [0, 0.1) is 0 Å². The van der Waals surface area contributed by atoms with Gasteiger partial charge in [-0.25, -0.2) is 0 Å². The lowest BCUT2D eigenvalue weighted by atomic mass is 9.97. The molecule has 3 rings (SSSR count). The van der Waals surface area contributed by atoms with Gasteiger partial charge in [-0.2, -0.15) is 13.2 Å². The second-order valence-electron chi connectivity index (χ2n) is 4.89. The number of epoxide rings is 1. The number of rotatable bonds is 1. The second-order valence-corrected chi connectivity index (χ2v) is 4.89. The summed E-state index contributed by atoms with van der Waals surface area (Å²) in [6, 6.07) is 5.51. The van der Waals surface area contributed by atoms with Gasteiger partial charge in [-0.3, -0.25) is 0 Å². The minimum atomic E-state index is -4.27. The summed E-state index contributed by atoms with van der Waals surface area (Å²) in [6.45, 7) is 0. The normalized spacial score (nSPS) is 26.4. The summed E-state index contributed by atoms with van der Waals surface area (Å²) in [7, 11) is 0. The van der Waals surface area contributed by atoms with Crippen LogP contribution >= 0.6 is 0 Å². The highest BCUT2D eigenvalue weighted by atomic mass is 19.4. The van der Waals surface area contributed by atoms with Crippen molar-refractivity contribution < 1.29 is 17.9 Å². The molecule has 1 atom stereocenters. The van der Waals surface area contributed by atoms with E-state index in [0.717, 1.165) is 31.7 Å². The van der Waals surface area contributed by atoms with E-state index in [0.29, 0.717) is 5.56 Å². The maximum Gasteiger partial charge on any atom is 0.416 e. The highest BCUT2D eigenvalue weighted by Gasteiger charge is 2.58. The molecule has 1 heterocycles. The smallest absolute Gasteiger partial charge is 0.361 e. The van der Waals surface area contributed by atoms with Gasteiger partial charge in [-0.05, 0) is 30.5 Å². The van der Waals surface area contributed by atoms with E-state index in [-0.39, 0.29) is 11.7 Å². The molecule has 17 heavy (non-hydrogen) atoms. The lowest BCUT2D eigenvalue weighted by Gasteiger charge is -2.08. The monoisotopic (exact) mass is 242 g/mol. The van der Waals surface area contributed by atoms with Gasteiger partial charge in [-0.15, -0.1) is 0 Å². The molecule has 1 spiro atoms. The highest BCUT2D eigenvalue weighted by molar-refractivity contribution is 5.32. The fourth-order valence-electron chi connectivity index (χ4n) is 2.80. The first-order valence-corrected chi connectivity index (χ1v) is 5.86. The number of hydrogen-bond donors (Lipinski definition) is 0. The van der Waals surface area contributed by atoms with Gasteiger partial charge in [0.05, 0.1) is 11.2 Å². The van der Waals surface area contributed by atoms with E-state index in [1.807, 2.05) is 0 Å². The largest absolute Gasteiger partial charge is 0.416 e. The maximum absolute atomic E-state index is 12.6. The Kier molecular flexibility index (Phi) is 2.27. The van der Waals surface area contributed by atoms with E-state index in [4.69, 9.17) is 4.74 Å². The molecule has 1 aliphatic carbocycles. The van der Waals surface area contributed by atoms with Gasteiger partial charge in [0.1, 0.15) is 6.10 Å². The van der Waals surface area contributed by atoms with Crippen molar-refractivity contribution in [1.29, 1.82) is 0 Å². The molecule has 1 aliphatic heterocycles. The quantitative estimate of drug-likeness (QED) is 0.676. The van der Waals surface area contributed by atoms with Crippen LogP contribution in [0.4, 0.5) is 13.2 Å². The van der Waals surface area contributed by atoms with Crippen molar-refractivity contribution in [2.24, 2.45) is 0 Å². The van der Waals surface area contributed by atoms with E-state index >= 15 is 0 Å². The Balaban J connectivity index is 1.85. The van der Waals surface area contributed by atoms with Crippen molar-refractivity contribution in [2.45, 2.75) is 43.6 Å². The van der Waals surface area contributed by atoms with Crippen LogP contribution in [0.2, 0.25) is 0 Å². The van der Waals surface area contributed by atoms with Crippen LogP contribution in [0.3, 0.4) is 0 Å². The minimum Gasteiger partial charge on any atom is -0.361 e. The number of alkyl halides is 3. The van der Waals surface area contributed by atoms with Crippen molar-refractivity contribution in [3.05, 3.63) is 35.4 Å². The summed E-state index contributed by atoms with van der Waals surface area (Å²) >= 11 is 0. The zero-order valence-corrected chi connectivity index (χ0v) is 9.26. The fourth-order valence-corrected chi connectivity index (χ4v) is 2.80. The molecule has 1 unspecified atom stereocenters. The summed E-state index contributed by atoms with van der Waals surface area (Å²) in [6.07, 6.45) is -0.187. The average Bonchev–Trinajstić information content (AvgIpc) is 2.76. The van der Waals surface area contributed by atoms with Crippen LogP contribution in [-0.2, 0) is 10.9 Å². The Morgan fingerprint density at radius 1 is 1.18 bits per heavy atom. The number of benzene rings is 1. The summed E-state index contributed by atoms with van der Waals surface area (Å²) in [5, 5.41) is 0. The Morgan fingerprint density at radius 2 is 1.88 bits per heavy atom. The predicted molar refractivity (Wildman–Crippen MR) is 56.5 cm³/mol. The van der Waals surface area contributed by atoms with Gasteiger partial charge < -0.3 is 4.74 Å². The van der Waals surface area contributed by atoms with Crippen LogP contribution in [0.1, 0.15) is 42.9 Å². The zero-order chi connectivity index (χ0) is 12.1. The van der Waals surface area contributed by atoms with Gasteiger partial charge in [0.2, 0.25) is 0 Å². The topological polar surface area (TPSA) is 12.5 Å². The minimum absolute atomic E-state index is 0.118.